The van der Waals surface area contributed by atoms with Gasteiger partial charge in [0.1, 0.15) is 0 Å². The van der Waals surface area contributed by atoms with Gasteiger partial charge in [-0.25, -0.2) is 5.01 Å². The molecule has 0 aromatic heterocycles. The molecular weight excluding hydrogens is 206 g/mol. The van der Waals surface area contributed by atoms with Crippen molar-refractivity contribution in [1.82, 2.24) is 4.90 Å². The number of hydrogen-bond donors (Lipinski definition) is 0. The summed E-state index contributed by atoms with van der Waals surface area (Å²) in [6, 6.07) is 7.51. The minimum atomic E-state index is 0.0163. The molecule has 5 nitrogen and oxygen atoms in total. The Labute approximate surface area is 93.6 Å². The average molecular weight is 219 g/mol. The fourth-order valence-electron chi connectivity index (χ4n) is 1.87. The average Bonchev–Trinajstić information content (AvgIpc) is 2.47. The zero-order chi connectivity index (χ0) is 11.5. The maximum atomic E-state index is 11.4. The van der Waals surface area contributed by atoms with Gasteiger partial charge in [0.2, 0.25) is 5.91 Å². The van der Waals surface area contributed by atoms with Gasteiger partial charge in [-0.2, -0.15) is 0 Å². The highest BCUT2D eigenvalue weighted by molar-refractivity contribution is 5.74. The van der Waals surface area contributed by atoms with Crippen molar-refractivity contribution in [3.8, 4) is 0 Å². The zero-order valence-corrected chi connectivity index (χ0v) is 9.09. The largest absolute Gasteiger partial charge is 0.337 e. The fraction of sp³-hybridized carbons (Fsp3) is 0.364. The third-order valence-corrected chi connectivity index (χ3v) is 2.76. The van der Waals surface area contributed by atoms with E-state index in [9.17, 15) is 9.70 Å². The zero-order valence-electron chi connectivity index (χ0n) is 9.09. The maximum Gasteiger partial charge on any atom is 0.219 e. The molecule has 0 N–H and O–H groups in total. The van der Waals surface area contributed by atoms with Gasteiger partial charge in [0.25, 0.3) is 0 Å². The van der Waals surface area contributed by atoms with Crippen LogP contribution >= 0.6 is 0 Å². The Morgan fingerprint density at radius 3 is 2.75 bits per heavy atom. The molecule has 0 radical (unpaired) electrons. The van der Waals surface area contributed by atoms with Crippen molar-refractivity contribution in [1.29, 1.82) is 0 Å². The molecule has 0 saturated carbocycles. The molecule has 1 amide bonds. The minimum absolute atomic E-state index is 0.0163. The molecule has 0 bridgehead atoms. The van der Waals surface area contributed by atoms with Crippen molar-refractivity contribution in [3.05, 3.63) is 34.7 Å². The van der Waals surface area contributed by atoms with Gasteiger partial charge in [-0.3, -0.25) is 4.79 Å². The number of carbonyl (C=O) groups is 1. The van der Waals surface area contributed by atoms with E-state index in [1.807, 2.05) is 24.3 Å². The van der Waals surface area contributed by atoms with Crippen molar-refractivity contribution in [3.63, 3.8) is 0 Å². The quantitative estimate of drug-likeness (QED) is 0.673. The van der Waals surface area contributed by atoms with Gasteiger partial charge in [0, 0.05) is 20.0 Å². The standard InChI is InChI=1S/C11H13N3O2/c1-9(15)13-6-7-14(12-16)11-5-3-2-4-10(11)8-13/h2-5H,6-8H2,1H3. The molecule has 1 aromatic rings. The van der Waals surface area contributed by atoms with Crippen LogP contribution in [0.15, 0.2) is 29.6 Å². The Hall–Kier alpha value is -1.91. The number of fused-ring (bicyclic) bond motifs is 1. The normalized spacial score (nSPS) is 15.3. The lowest BCUT2D eigenvalue weighted by molar-refractivity contribution is -0.129. The highest BCUT2D eigenvalue weighted by Crippen LogP contribution is 2.24. The SMILES string of the molecule is CC(=O)N1CCN(N=O)c2ccccc2C1. The summed E-state index contributed by atoms with van der Waals surface area (Å²) < 4.78 is 0. The van der Waals surface area contributed by atoms with E-state index < -0.39 is 0 Å². The summed E-state index contributed by atoms with van der Waals surface area (Å²) in [5.41, 5.74) is 1.75. The van der Waals surface area contributed by atoms with Crippen LogP contribution in [-0.4, -0.2) is 23.9 Å². The second-order valence-electron chi connectivity index (χ2n) is 3.77. The molecule has 1 aliphatic heterocycles. The molecule has 0 spiro atoms. The van der Waals surface area contributed by atoms with Crippen LogP contribution in [0.5, 0.6) is 0 Å². The van der Waals surface area contributed by atoms with E-state index >= 15 is 0 Å². The van der Waals surface area contributed by atoms with E-state index in [0.717, 1.165) is 11.3 Å². The summed E-state index contributed by atoms with van der Waals surface area (Å²) in [6.45, 7) is 3.04. The molecule has 0 saturated heterocycles. The molecule has 84 valence electrons. The molecular formula is C11H13N3O2. The van der Waals surface area contributed by atoms with E-state index in [-0.39, 0.29) is 5.91 Å². The van der Waals surface area contributed by atoms with Crippen LogP contribution in [0.25, 0.3) is 0 Å². The van der Waals surface area contributed by atoms with E-state index in [1.54, 1.807) is 4.90 Å². The second-order valence-corrected chi connectivity index (χ2v) is 3.77. The Kier molecular flexibility index (Phi) is 2.85. The van der Waals surface area contributed by atoms with Crippen LogP contribution in [-0.2, 0) is 11.3 Å². The second kappa shape index (κ2) is 4.30. The van der Waals surface area contributed by atoms with Gasteiger partial charge in [-0.15, -0.1) is 4.91 Å². The lowest BCUT2D eigenvalue weighted by Gasteiger charge is -2.17. The molecule has 0 aliphatic carbocycles. The van der Waals surface area contributed by atoms with Crippen molar-refractivity contribution in [2.24, 2.45) is 5.29 Å². The van der Waals surface area contributed by atoms with Gasteiger partial charge < -0.3 is 4.90 Å². The summed E-state index contributed by atoms with van der Waals surface area (Å²) in [5, 5.41) is 4.39. The van der Waals surface area contributed by atoms with Gasteiger partial charge >= 0.3 is 0 Å². The van der Waals surface area contributed by atoms with Crippen LogP contribution < -0.4 is 5.01 Å². The van der Waals surface area contributed by atoms with E-state index in [4.69, 9.17) is 0 Å². The van der Waals surface area contributed by atoms with Crippen LogP contribution in [0.4, 0.5) is 5.69 Å². The van der Waals surface area contributed by atoms with Crippen molar-refractivity contribution in [2.75, 3.05) is 18.1 Å². The summed E-state index contributed by atoms with van der Waals surface area (Å²) in [5.74, 6) is 0.0163. The molecule has 1 heterocycles. The first-order valence-corrected chi connectivity index (χ1v) is 5.16. The first kappa shape index (κ1) is 10.6. The van der Waals surface area contributed by atoms with Crippen molar-refractivity contribution >= 4 is 11.6 Å². The molecule has 0 atom stereocenters. The number of anilines is 1. The topological polar surface area (TPSA) is 53.0 Å². The first-order chi connectivity index (χ1) is 7.72. The predicted molar refractivity (Wildman–Crippen MR) is 60.7 cm³/mol. The molecule has 0 fully saturated rings. The minimum Gasteiger partial charge on any atom is -0.337 e. The third kappa shape index (κ3) is 1.88. The molecule has 2 rings (SSSR count). The number of para-hydroxylation sites is 1. The molecule has 16 heavy (non-hydrogen) atoms. The lowest BCUT2D eigenvalue weighted by atomic mass is 10.1. The van der Waals surface area contributed by atoms with Crippen molar-refractivity contribution in [2.45, 2.75) is 13.5 Å². The van der Waals surface area contributed by atoms with Gasteiger partial charge in [-0.1, -0.05) is 18.2 Å². The van der Waals surface area contributed by atoms with Crippen LogP contribution in [0, 0.1) is 4.91 Å². The predicted octanol–water partition coefficient (Wildman–Crippen LogP) is 1.54. The van der Waals surface area contributed by atoms with Crippen molar-refractivity contribution < 1.29 is 4.79 Å². The number of rotatable bonds is 1. The summed E-state index contributed by atoms with van der Waals surface area (Å²) >= 11 is 0. The number of benzene rings is 1. The fourth-order valence-corrected chi connectivity index (χ4v) is 1.87. The monoisotopic (exact) mass is 219 g/mol. The molecule has 0 unspecified atom stereocenters. The van der Waals surface area contributed by atoms with Gasteiger partial charge in [-0.05, 0) is 11.6 Å². The lowest BCUT2D eigenvalue weighted by Crippen LogP contribution is -2.32. The Morgan fingerprint density at radius 2 is 2.06 bits per heavy atom. The molecule has 5 heteroatoms. The molecule has 1 aliphatic rings. The van der Waals surface area contributed by atoms with Crippen LogP contribution in [0.3, 0.4) is 0 Å². The van der Waals surface area contributed by atoms with Gasteiger partial charge in [0.05, 0.1) is 17.5 Å². The van der Waals surface area contributed by atoms with Crippen LogP contribution in [0.1, 0.15) is 12.5 Å². The third-order valence-electron chi connectivity index (χ3n) is 2.76. The Balaban J connectivity index is 2.37. The van der Waals surface area contributed by atoms with Crippen LogP contribution in [0.2, 0.25) is 0 Å². The number of nitroso groups, excluding NO2 is 1. The number of carbonyl (C=O) groups excluding carboxylic acids is 1. The number of amides is 1. The summed E-state index contributed by atoms with van der Waals surface area (Å²) in [4.78, 5) is 23.8. The first-order valence-electron chi connectivity index (χ1n) is 5.16. The van der Waals surface area contributed by atoms with E-state index in [0.29, 0.717) is 19.6 Å². The highest BCUT2D eigenvalue weighted by atomic mass is 16.3. The smallest absolute Gasteiger partial charge is 0.219 e. The van der Waals surface area contributed by atoms with E-state index in [1.165, 1.54) is 11.9 Å². The summed E-state index contributed by atoms with van der Waals surface area (Å²) in [6.07, 6.45) is 0. The highest BCUT2D eigenvalue weighted by Gasteiger charge is 2.20. The summed E-state index contributed by atoms with van der Waals surface area (Å²) in [7, 11) is 0. The Morgan fingerprint density at radius 1 is 1.31 bits per heavy atom. The number of nitrogens with zero attached hydrogens (tertiary/aromatic N) is 3. The maximum absolute atomic E-state index is 11.4. The Bertz CT molecular complexity index is 419. The van der Waals surface area contributed by atoms with Gasteiger partial charge in [0.15, 0.2) is 0 Å². The molecule has 1 aromatic carbocycles. The van der Waals surface area contributed by atoms with E-state index in [2.05, 4.69) is 5.29 Å². The number of hydrogen-bond acceptors (Lipinski definition) is 3.